The van der Waals surface area contributed by atoms with E-state index in [2.05, 4.69) is 26.9 Å². The van der Waals surface area contributed by atoms with E-state index < -0.39 is 11.7 Å². The van der Waals surface area contributed by atoms with Gasteiger partial charge in [0.1, 0.15) is 11.6 Å². The number of halogens is 2. The molecule has 0 aliphatic carbocycles. The van der Waals surface area contributed by atoms with Crippen molar-refractivity contribution in [1.82, 2.24) is 10.2 Å². The first-order chi connectivity index (χ1) is 12.5. The van der Waals surface area contributed by atoms with Crippen molar-refractivity contribution in [2.45, 2.75) is 13.5 Å². The SMILES string of the molecule is Cc1cccc(CNc2ccc(C(=O)Nc3ccc(F)c(Cl)c3)nn2)c1. The van der Waals surface area contributed by atoms with Crippen molar-refractivity contribution in [2.75, 3.05) is 10.6 Å². The predicted octanol–water partition coefficient (Wildman–Crippen LogP) is 4.44. The molecule has 0 atom stereocenters. The average molecular weight is 371 g/mol. The Balaban J connectivity index is 1.61. The third kappa shape index (κ3) is 4.55. The zero-order valence-corrected chi connectivity index (χ0v) is 14.7. The molecule has 1 aromatic heterocycles. The van der Waals surface area contributed by atoms with Crippen LogP contribution in [0, 0.1) is 12.7 Å². The lowest BCUT2D eigenvalue weighted by molar-refractivity contribution is 0.102. The van der Waals surface area contributed by atoms with Gasteiger partial charge in [-0.05, 0) is 42.8 Å². The van der Waals surface area contributed by atoms with Crippen LogP contribution in [-0.4, -0.2) is 16.1 Å². The molecule has 0 spiro atoms. The lowest BCUT2D eigenvalue weighted by atomic mass is 10.1. The molecule has 0 saturated heterocycles. The van der Waals surface area contributed by atoms with Crippen LogP contribution in [0.1, 0.15) is 21.6 Å². The van der Waals surface area contributed by atoms with Crippen LogP contribution in [0.25, 0.3) is 0 Å². The van der Waals surface area contributed by atoms with Gasteiger partial charge in [-0.15, -0.1) is 10.2 Å². The Labute approximate surface area is 155 Å². The highest BCUT2D eigenvalue weighted by Gasteiger charge is 2.10. The number of benzene rings is 2. The number of rotatable bonds is 5. The molecule has 0 aliphatic heterocycles. The number of carbonyl (C=O) groups excluding carboxylic acids is 1. The molecule has 2 N–H and O–H groups in total. The summed E-state index contributed by atoms with van der Waals surface area (Å²) in [5, 5.41) is 13.6. The third-order valence-electron chi connectivity index (χ3n) is 3.63. The van der Waals surface area contributed by atoms with Crippen LogP contribution in [0.15, 0.2) is 54.6 Å². The third-order valence-corrected chi connectivity index (χ3v) is 3.92. The van der Waals surface area contributed by atoms with Gasteiger partial charge >= 0.3 is 0 Å². The molecule has 3 rings (SSSR count). The number of amides is 1. The van der Waals surface area contributed by atoms with Crippen LogP contribution in [0.4, 0.5) is 15.9 Å². The minimum atomic E-state index is -0.548. The first kappa shape index (κ1) is 17.8. The van der Waals surface area contributed by atoms with Crippen molar-refractivity contribution in [2.24, 2.45) is 0 Å². The zero-order chi connectivity index (χ0) is 18.5. The highest BCUT2D eigenvalue weighted by molar-refractivity contribution is 6.31. The fourth-order valence-electron chi connectivity index (χ4n) is 2.33. The van der Waals surface area contributed by atoms with Gasteiger partial charge in [0.05, 0.1) is 5.02 Å². The van der Waals surface area contributed by atoms with Crippen molar-refractivity contribution in [3.63, 3.8) is 0 Å². The largest absolute Gasteiger partial charge is 0.365 e. The summed E-state index contributed by atoms with van der Waals surface area (Å²) in [5.41, 5.74) is 2.83. The van der Waals surface area contributed by atoms with E-state index in [4.69, 9.17) is 11.6 Å². The maximum atomic E-state index is 13.1. The van der Waals surface area contributed by atoms with Gasteiger partial charge in [0.25, 0.3) is 5.91 Å². The number of aromatic nitrogens is 2. The smallest absolute Gasteiger partial charge is 0.276 e. The summed E-state index contributed by atoms with van der Waals surface area (Å²) in [6.45, 7) is 2.64. The molecule has 0 unspecified atom stereocenters. The minimum absolute atomic E-state index is 0.0652. The first-order valence-corrected chi connectivity index (χ1v) is 8.28. The zero-order valence-electron chi connectivity index (χ0n) is 14.0. The van der Waals surface area contributed by atoms with E-state index in [0.717, 1.165) is 5.56 Å². The van der Waals surface area contributed by atoms with Crippen molar-refractivity contribution in [3.8, 4) is 0 Å². The molecule has 2 aromatic carbocycles. The second-order valence-corrected chi connectivity index (χ2v) is 6.14. The number of hydrogen-bond acceptors (Lipinski definition) is 4. The molecule has 3 aromatic rings. The van der Waals surface area contributed by atoms with E-state index in [1.54, 1.807) is 12.1 Å². The summed E-state index contributed by atoms with van der Waals surface area (Å²) >= 11 is 5.70. The van der Waals surface area contributed by atoms with Crippen LogP contribution in [0.3, 0.4) is 0 Å². The van der Waals surface area contributed by atoms with Gasteiger partial charge in [0.2, 0.25) is 0 Å². The second-order valence-electron chi connectivity index (χ2n) is 5.73. The molecule has 0 saturated carbocycles. The molecular formula is C19H16ClFN4O. The maximum Gasteiger partial charge on any atom is 0.276 e. The number of nitrogens with one attached hydrogen (secondary N) is 2. The molecule has 0 fully saturated rings. The lowest BCUT2D eigenvalue weighted by Gasteiger charge is -2.07. The topological polar surface area (TPSA) is 66.9 Å². The molecule has 132 valence electrons. The molecule has 0 aliphatic rings. The Morgan fingerprint density at radius 3 is 2.65 bits per heavy atom. The first-order valence-electron chi connectivity index (χ1n) is 7.91. The monoisotopic (exact) mass is 370 g/mol. The number of carbonyl (C=O) groups is 1. The number of aryl methyl sites for hydroxylation is 1. The maximum absolute atomic E-state index is 13.1. The fraction of sp³-hybridized carbons (Fsp3) is 0.105. The minimum Gasteiger partial charge on any atom is -0.365 e. The van der Waals surface area contributed by atoms with Crippen LogP contribution in [0.5, 0.6) is 0 Å². The van der Waals surface area contributed by atoms with Crippen LogP contribution in [-0.2, 0) is 6.54 Å². The van der Waals surface area contributed by atoms with E-state index in [-0.39, 0.29) is 10.7 Å². The Morgan fingerprint density at radius 2 is 1.96 bits per heavy atom. The Bertz CT molecular complexity index is 931. The molecular weight excluding hydrogens is 355 g/mol. The quantitative estimate of drug-likeness (QED) is 0.696. The van der Waals surface area contributed by atoms with Gasteiger partial charge in [-0.2, -0.15) is 0 Å². The Hall–Kier alpha value is -2.99. The Kier molecular flexibility index (Phi) is 5.43. The highest BCUT2D eigenvalue weighted by atomic mass is 35.5. The molecule has 1 amide bonds. The Morgan fingerprint density at radius 1 is 1.12 bits per heavy atom. The normalized spacial score (nSPS) is 10.4. The lowest BCUT2D eigenvalue weighted by Crippen LogP contribution is -2.15. The second kappa shape index (κ2) is 7.93. The summed E-state index contributed by atoms with van der Waals surface area (Å²) in [5.74, 6) is -0.438. The van der Waals surface area contributed by atoms with Gasteiger partial charge in [0, 0.05) is 12.2 Å². The molecule has 0 bridgehead atoms. The number of hydrogen-bond donors (Lipinski definition) is 2. The molecule has 5 nitrogen and oxygen atoms in total. The van der Waals surface area contributed by atoms with E-state index in [1.165, 1.54) is 23.8 Å². The molecule has 0 radical (unpaired) electrons. The van der Waals surface area contributed by atoms with Crippen LogP contribution >= 0.6 is 11.6 Å². The summed E-state index contributed by atoms with van der Waals surface area (Å²) < 4.78 is 13.1. The molecule has 1 heterocycles. The predicted molar refractivity (Wildman–Crippen MR) is 99.9 cm³/mol. The van der Waals surface area contributed by atoms with E-state index in [9.17, 15) is 9.18 Å². The van der Waals surface area contributed by atoms with E-state index in [0.29, 0.717) is 18.1 Å². The number of anilines is 2. The van der Waals surface area contributed by atoms with Crippen molar-refractivity contribution in [1.29, 1.82) is 0 Å². The van der Waals surface area contributed by atoms with Gasteiger partial charge in [0.15, 0.2) is 5.69 Å². The summed E-state index contributed by atoms with van der Waals surface area (Å²) in [6.07, 6.45) is 0. The average Bonchev–Trinajstić information content (AvgIpc) is 2.63. The van der Waals surface area contributed by atoms with Gasteiger partial charge in [-0.1, -0.05) is 41.4 Å². The summed E-state index contributed by atoms with van der Waals surface area (Å²) in [7, 11) is 0. The van der Waals surface area contributed by atoms with Gasteiger partial charge in [-0.25, -0.2) is 4.39 Å². The highest BCUT2D eigenvalue weighted by Crippen LogP contribution is 2.19. The standard InChI is InChI=1S/C19H16ClFN4O/c1-12-3-2-4-13(9-12)11-22-18-8-7-17(24-25-18)19(26)23-14-5-6-16(21)15(20)10-14/h2-10H,11H2,1H3,(H,22,25)(H,23,26). The molecule has 7 heteroatoms. The molecule has 26 heavy (non-hydrogen) atoms. The van der Waals surface area contributed by atoms with Crippen molar-refractivity contribution < 1.29 is 9.18 Å². The van der Waals surface area contributed by atoms with Gasteiger partial charge in [-0.3, -0.25) is 4.79 Å². The number of nitrogens with zero attached hydrogens (tertiary/aromatic N) is 2. The van der Waals surface area contributed by atoms with E-state index in [1.807, 2.05) is 25.1 Å². The fourth-order valence-corrected chi connectivity index (χ4v) is 2.51. The van der Waals surface area contributed by atoms with Crippen molar-refractivity contribution in [3.05, 3.63) is 82.3 Å². The van der Waals surface area contributed by atoms with Crippen LogP contribution in [0.2, 0.25) is 5.02 Å². The summed E-state index contributed by atoms with van der Waals surface area (Å²) in [6, 6.07) is 15.3. The van der Waals surface area contributed by atoms with Crippen molar-refractivity contribution >= 4 is 29.0 Å². The van der Waals surface area contributed by atoms with E-state index >= 15 is 0 Å². The van der Waals surface area contributed by atoms with Crippen LogP contribution < -0.4 is 10.6 Å². The van der Waals surface area contributed by atoms with Gasteiger partial charge < -0.3 is 10.6 Å². The summed E-state index contributed by atoms with van der Waals surface area (Å²) in [4.78, 5) is 12.2.